The first-order valence-corrected chi connectivity index (χ1v) is 14.3. The number of fused-ring (bicyclic) bond motifs is 5. The number of rotatable bonds is 4. The largest absolute Gasteiger partial charge is 0.353 e. The highest BCUT2D eigenvalue weighted by Crippen LogP contribution is 2.64. The predicted molar refractivity (Wildman–Crippen MR) is 129 cm³/mol. The standard InChI is InChI=1S/C29H44O5/c1-28-14-13-23-21(22(28)11-12-24(28)30)10-9-19-17-20(33-26-7-3-5-15-31-26)18-25(29(19,23)2)34-27-8-4-6-16-32-27/h9,20-23,25-27H,3-8,10-18H2,1-2H3/t20-,21?,22?,23?,25+,26?,27?,28?,29?/m1/s1. The van der Waals surface area contributed by atoms with E-state index in [0.29, 0.717) is 23.5 Å². The maximum Gasteiger partial charge on any atom is 0.157 e. The summed E-state index contributed by atoms with van der Waals surface area (Å²) in [6.45, 7) is 6.37. The Morgan fingerprint density at radius 2 is 1.65 bits per heavy atom. The molecule has 0 spiro atoms. The minimum atomic E-state index is -0.0937. The molecule has 0 aromatic rings. The van der Waals surface area contributed by atoms with Crippen molar-refractivity contribution in [1.82, 2.24) is 0 Å². The van der Waals surface area contributed by atoms with Gasteiger partial charge in [-0.25, -0.2) is 0 Å². The maximum atomic E-state index is 12.8. The van der Waals surface area contributed by atoms with Gasteiger partial charge in [-0.15, -0.1) is 0 Å². The van der Waals surface area contributed by atoms with Crippen molar-refractivity contribution in [2.24, 2.45) is 28.6 Å². The highest BCUT2D eigenvalue weighted by Gasteiger charge is 2.61. The van der Waals surface area contributed by atoms with Crippen LogP contribution in [0.25, 0.3) is 0 Å². The lowest BCUT2D eigenvalue weighted by molar-refractivity contribution is -0.248. The number of ether oxygens (including phenoxy) is 4. The summed E-state index contributed by atoms with van der Waals surface area (Å²) in [6, 6.07) is 0. The number of hydrogen-bond acceptors (Lipinski definition) is 5. The number of hydrogen-bond donors (Lipinski definition) is 0. The Labute approximate surface area is 205 Å². The fraction of sp³-hybridized carbons (Fsp3) is 0.897. The van der Waals surface area contributed by atoms with Gasteiger partial charge in [0.1, 0.15) is 5.78 Å². The fourth-order valence-electron chi connectivity index (χ4n) is 8.76. The van der Waals surface area contributed by atoms with Crippen molar-refractivity contribution < 1.29 is 23.7 Å². The van der Waals surface area contributed by atoms with E-state index in [4.69, 9.17) is 18.9 Å². The van der Waals surface area contributed by atoms with E-state index < -0.39 is 0 Å². The van der Waals surface area contributed by atoms with Crippen molar-refractivity contribution in [3.63, 3.8) is 0 Å². The number of ketones is 1. The zero-order valence-electron chi connectivity index (χ0n) is 21.3. The van der Waals surface area contributed by atoms with Gasteiger partial charge < -0.3 is 18.9 Å². The second-order valence-corrected chi connectivity index (χ2v) is 12.5. The lowest BCUT2D eigenvalue weighted by atomic mass is 9.47. The van der Waals surface area contributed by atoms with Crippen molar-refractivity contribution in [3.05, 3.63) is 11.6 Å². The molecule has 0 radical (unpaired) electrons. The summed E-state index contributed by atoms with van der Waals surface area (Å²) in [7, 11) is 0. The van der Waals surface area contributed by atoms with Crippen LogP contribution in [-0.4, -0.2) is 43.8 Å². The summed E-state index contributed by atoms with van der Waals surface area (Å²) in [5.41, 5.74) is 1.45. The molecule has 3 saturated carbocycles. The van der Waals surface area contributed by atoms with Crippen molar-refractivity contribution in [2.45, 2.75) is 122 Å². The average molecular weight is 473 g/mol. The van der Waals surface area contributed by atoms with Crippen LogP contribution in [-0.2, 0) is 23.7 Å². The molecule has 5 nitrogen and oxygen atoms in total. The SMILES string of the molecule is CC12CCC3C(CC=C4C[C@@H](OC5CCCCO5)C[C@H](OC5CCCCO5)C43C)C1CCC2=O. The summed E-state index contributed by atoms with van der Waals surface area (Å²) in [5, 5.41) is 0. The van der Waals surface area contributed by atoms with Crippen molar-refractivity contribution in [3.8, 4) is 0 Å². The van der Waals surface area contributed by atoms with Crippen LogP contribution in [0, 0.1) is 28.6 Å². The molecule has 6 aliphatic rings. The molecule has 7 unspecified atom stereocenters. The molecule has 9 atom stereocenters. The van der Waals surface area contributed by atoms with Gasteiger partial charge in [0.05, 0.1) is 12.2 Å². The van der Waals surface area contributed by atoms with E-state index >= 15 is 0 Å². The van der Waals surface area contributed by atoms with E-state index in [2.05, 4.69) is 19.9 Å². The van der Waals surface area contributed by atoms with Crippen LogP contribution in [0.1, 0.15) is 97.3 Å². The molecule has 2 aliphatic heterocycles. The summed E-state index contributed by atoms with van der Waals surface area (Å²) in [6.07, 6.45) is 16.3. The molecule has 0 aromatic carbocycles. The fourth-order valence-corrected chi connectivity index (χ4v) is 8.76. The van der Waals surface area contributed by atoms with Crippen molar-refractivity contribution >= 4 is 5.78 Å². The van der Waals surface area contributed by atoms with Crippen molar-refractivity contribution in [1.29, 1.82) is 0 Å². The van der Waals surface area contributed by atoms with E-state index in [-0.39, 0.29) is 35.6 Å². The second kappa shape index (κ2) is 9.28. The van der Waals surface area contributed by atoms with Gasteiger partial charge in [-0.3, -0.25) is 4.79 Å². The molecule has 2 saturated heterocycles. The third-order valence-electron chi connectivity index (χ3n) is 10.8. The number of carbonyl (C=O) groups is 1. The molecule has 0 N–H and O–H groups in total. The molecule has 4 aliphatic carbocycles. The van der Waals surface area contributed by atoms with E-state index in [0.717, 1.165) is 83.8 Å². The Bertz CT molecular complexity index is 796. The highest BCUT2D eigenvalue weighted by molar-refractivity contribution is 5.87. The van der Waals surface area contributed by atoms with Gasteiger partial charge in [-0.2, -0.15) is 0 Å². The van der Waals surface area contributed by atoms with E-state index in [1.54, 1.807) is 0 Å². The Morgan fingerprint density at radius 1 is 0.912 bits per heavy atom. The second-order valence-electron chi connectivity index (χ2n) is 12.5. The minimum Gasteiger partial charge on any atom is -0.353 e. The van der Waals surface area contributed by atoms with Crippen LogP contribution in [0.5, 0.6) is 0 Å². The molecular formula is C29H44O5. The quantitative estimate of drug-likeness (QED) is 0.473. The summed E-state index contributed by atoms with van der Waals surface area (Å²) in [4.78, 5) is 12.8. The lowest BCUT2D eigenvalue weighted by Crippen LogP contribution is -2.57. The average Bonchev–Trinajstić information content (AvgIpc) is 3.16. The summed E-state index contributed by atoms with van der Waals surface area (Å²) < 4.78 is 25.4. The predicted octanol–water partition coefficient (Wildman–Crippen LogP) is 5.95. The van der Waals surface area contributed by atoms with E-state index in [1.165, 1.54) is 18.4 Å². The topological polar surface area (TPSA) is 54.0 Å². The Morgan fingerprint density at radius 3 is 2.35 bits per heavy atom. The van der Waals surface area contributed by atoms with Gasteiger partial charge in [0.15, 0.2) is 12.6 Å². The molecule has 0 aromatic heterocycles. The molecule has 0 bridgehead atoms. The molecular weight excluding hydrogens is 428 g/mol. The van der Waals surface area contributed by atoms with Gasteiger partial charge >= 0.3 is 0 Å². The Kier molecular flexibility index (Phi) is 6.45. The van der Waals surface area contributed by atoms with Crippen LogP contribution in [0.15, 0.2) is 11.6 Å². The molecule has 5 heteroatoms. The lowest BCUT2D eigenvalue weighted by Gasteiger charge is -2.59. The van der Waals surface area contributed by atoms with E-state index in [1.807, 2.05) is 0 Å². The molecule has 190 valence electrons. The molecule has 5 fully saturated rings. The van der Waals surface area contributed by atoms with Crippen molar-refractivity contribution in [2.75, 3.05) is 13.2 Å². The smallest absolute Gasteiger partial charge is 0.157 e. The van der Waals surface area contributed by atoms with Crippen LogP contribution in [0.2, 0.25) is 0 Å². The van der Waals surface area contributed by atoms with Gasteiger partial charge in [0.25, 0.3) is 0 Å². The highest BCUT2D eigenvalue weighted by atomic mass is 16.7. The van der Waals surface area contributed by atoms with E-state index in [9.17, 15) is 4.79 Å². The molecule has 6 rings (SSSR count). The first kappa shape index (κ1) is 23.6. The summed E-state index contributed by atoms with van der Waals surface area (Å²) in [5.74, 6) is 2.22. The number of Topliss-reactive ketones (excluding diaryl/α,β-unsaturated/α-hetero) is 1. The molecule has 0 amide bonds. The minimum absolute atomic E-state index is 0.00394. The third kappa shape index (κ3) is 3.93. The Balaban J connectivity index is 1.28. The monoisotopic (exact) mass is 472 g/mol. The van der Waals surface area contributed by atoms with Gasteiger partial charge in [0.2, 0.25) is 0 Å². The normalized spacial score (nSPS) is 49.1. The third-order valence-corrected chi connectivity index (χ3v) is 10.8. The number of allylic oxidation sites excluding steroid dienone is 1. The zero-order chi connectivity index (χ0) is 23.3. The summed E-state index contributed by atoms with van der Waals surface area (Å²) >= 11 is 0. The molecule has 2 heterocycles. The van der Waals surface area contributed by atoms with Gasteiger partial charge in [0, 0.05) is 36.9 Å². The van der Waals surface area contributed by atoms with Gasteiger partial charge in [-0.05, 0) is 88.4 Å². The first-order valence-electron chi connectivity index (χ1n) is 14.3. The molecule has 34 heavy (non-hydrogen) atoms. The van der Waals surface area contributed by atoms with Crippen LogP contribution in [0.3, 0.4) is 0 Å². The van der Waals surface area contributed by atoms with Crippen LogP contribution in [0.4, 0.5) is 0 Å². The maximum absolute atomic E-state index is 12.8. The zero-order valence-corrected chi connectivity index (χ0v) is 21.3. The first-order chi connectivity index (χ1) is 16.5. The van der Waals surface area contributed by atoms with Crippen LogP contribution >= 0.6 is 0 Å². The van der Waals surface area contributed by atoms with Gasteiger partial charge in [-0.1, -0.05) is 25.5 Å². The number of carbonyl (C=O) groups excluding carboxylic acids is 1. The Hall–Kier alpha value is -0.750. The van der Waals surface area contributed by atoms with Crippen LogP contribution < -0.4 is 0 Å².